The third-order valence-electron chi connectivity index (χ3n) is 3.97. The predicted molar refractivity (Wildman–Crippen MR) is 95.5 cm³/mol. The van der Waals surface area contributed by atoms with Crippen LogP contribution in [0.4, 0.5) is 0 Å². The van der Waals surface area contributed by atoms with Crippen LogP contribution in [0.15, 0.2) is 53.4 Å². The number of rotatable bonds is 6. The number of carbonyl (C=O) groups is 1. The highest BCUT2D eigenvalue weighted by atomic mass is 32.2. The molecule has 0 heterocycles. The Bertz CT molecular complexity index is 809. The minimum Gasteiger partial charge on any atom is -0.352 e. The lowest BCUT2D eigenvalue weighted by atomic mass is 10.1. The van der Waals surface area contributed by atoms with Crippen LogP contribution in [0.3, 0.4) is 0 Å². The summed E-state index contributed by atoms with van der Waals surface area (Å²) in [6.45, 7) is 5.81. The molecule has 24 heavy (non-hydrogen) atoms. The molecule has 0 bridgehead atoms. The van der Waals surface area contributed by atoms with Crippen molar-refractivity contribution in [1.29, 1.82) is 0 Å². The van der Waals surface area contributed by atoms with Gasteiger partial charge in [0, 0.05) is 6.54 Å². The van der Waals surface area contributed by atoms with Gasteiger partial charge in [-0.25, -0.2) is 8.42 Å². The van der Waals surface area contributed by atoms with Crippen LogP contribution in [0, 0.1) is 6.92 Å². The van der Waals surface area contributed by atoms with E-state index >= 15 is 0 Å². The zero-order valence-electron chi connectivity index (χ0n) is 14.2. The molecular formula is C19H23NO3S. The molecule has 0 unspecified atom stereocenters. The molecule has 5 heteroatoms. The van der Waals surface area contributed by atoms with E-state index < -0.39 is 15.1 Å². The SMILES string of the molecule is Cc1ccccc1CNC(=O)Cc1ccc(S(=O)(=O)C(C)C)cc1. The van der Waals surface area contributed by atoms with Crippen molar-refractivity contribution in [2.75, 3.05) is 0 Å². The van der Waals surface area contributed by atoms with Crippen molar-refractivity contribution in [2.45, 2.75) is 43.9 Å². The van der Waals surface area contributed by atoms with Gasteiger partial charge in [-0.1, -0.05) is 36.4 Å². The number of nitrogens with one attached hydrogen (secondary N) is 1. The highest BCUT2D eigenvalue weighted by molar-refractivity contribution is 7.92. The molecule has 2 rings (SSSR count). The summed E-state index contributed by atoms with van der Waals surface area (Å²) in [6.07, 6.45) is 0.230. The van der Waals surface area contributed by atoms with Gasteiger partial charge in [-0.3, -0.25) is 4.79 Å². The number of hydrogen-bond acceptors (Lipinski definition) is 3. The Morgan fingerprint density at radius 1 is 1.04 bits per heavy atom. The molecule has 1 N–H and O–H groups in total. The molecule has 0 atom stereocenters. The van der Waals surface area contributed by atoms with Gasteiger partial charge in [0.25, 0.3) is 0 Å². The monoisotopic (exact) mass is 345 g/mol. The number of carbonyl (C=O) groups excluding carboxylic acids is 1. The fourth-order valence-electron chi connectivity index (χ4n) is 2.32. The highest BCUT2D eigenvalue weighted by Gasteiger charge is 2.18. The topological polar surface area (TPSA) is 63.2 Å². The average molecular weight is 345 g/mol. The summed E-state index contributed by atoms with van der Waals surface area (Å²) in [5.41, 5.74) is 3.02. The average Bonchev–Trinajstić information content (AvgIpc) is 2.54. The smallest absolute Gasteiger partial charge is 0.224 e. The zero-order valence-corrected chi connectivity index (χ0v) is 15.1. The standard InChI is InChI=1S/C19H23NO3S/c1-14(2)24(22,23)18-10-8-16(9-11-18)12-19(21)20-13-17-7-5-4-6-15(17)3/h4-11,14H,12-13H2,1-3H3,(H,20,21). The molecule has 0 fully saturated rings. The minimum absolute atomic E-state index is 0.0854. The Labute approximate surface area is 143 Å². The lowest BCUT2D eigenvalue weighted by Crippen LogP contribution is -2.24. The number of sulfone groups is 1. The maximum atomic E-state index is 12.1. The van der Waals surface area contributed by atoms with E-state index in [1.807, 2.05) is 31.2 Å². The normalized spacial score (nSPS) is 11.5. The van der Waals surface area contributed by atoms with Crippen LogP contribution in [0.5, 0.6) is 0 Å². The van der Waals surface area contributed by atoms with Crippen molar-refractivity contribution in [2.24, 2.45) is 0 Å². The van der Waals surface area contributed by atoms with E-state index in [9.17, 15) is 13.2 Å². The summed E-state index contributed by atoms with van der Waals surface area (Å²) in [7, 11) is -3.27. The first-order valence-corrected chi connectivity index (χ1v) is 9.49. The molecule has 0 aliphatic rings. The van der Waals surface area contributed by atoms with Gasteiger partial charge in [0.15, 0.2) is 9.84 Å². The first-order chi connectivity index (χ1) is 11.3. The molecule has 4 nitrogen and oxygen atoms in total. The zero-order chi connectivity index (χ0) is 17.7. The molecule has 0 spiro atoms. The molecule has 0 radical (unpaired) electrons. The molecule has 0 aromatic heterocycles. The van der Waals surface area contributed by atoms with E-state index in [-0.39, 0.29) is 12.3 Å². The van der Waals surface area contributed by atoms with Crippen LogP contribution < -0.4 is 5.32 Å². The van der Waals surface area contributed by atoms with E-state index in [0.717, 1.165) is 16.7 Å². The highest BCUT2D eigenvalue weighted by Crippen LogP contribution is 2.16. The Kier molecular flexibility index (Phi) is 5.78. The number of amides is 1. The maximum absolute atomic E-state index is 12.1. The lowest BCUT2D eigenvalue weighted by molar-refractivity contribution is -0.120. The van der Waals surface area contributed by atoms with Gasteiger partial charge in [0.1, 0.15) is 0 Å². The van der Waals surface area contributed by atoms with Crippen LogP contribution in [0.25, 0.3) is 0 Å². The lowest BCUT2D eigenvalue weighted by Gasteiger charge is -2.10. The molecule has 0 saturated carbocycles. The fourth-order valence-corrected chi connectivity index (χ4v) is 3.38. The van der Waals surface area contributed by atoms with Gasteiger partial charge in [0.05, 0.1) is 16.6 Å². The Morgan fingerprint density at radius 2 is 1.67 bits per heavy atom. The van der Waals surface area contributed by atoms with Crippen molar-refractivity contribution >= 4 is 15.7 Å². The van der Waals surface area contributed by atoms with Crippen molar-refractivity contribution in [3.8, 4) is 0 Å². The summed E-state index contributed by atoms with van der Waals surface area (Å²) in [4.78, 5) is 12.4. The van der Waals surface area contributed by atoms with E-state index in [0.29, 0.717) is 11.4 Å². The first kappa shape index (κ1) is 18.2. The van der Waals surface area contributed by atoms with Crippen molar-refractivity contribution < 1.29 is 13.2 Å². The molecule has 128 valence electrons. The number of aryl methyl sites for hydroxylation is 1. The van der Waals surface area contributed by atoms with Gasteiger partial charge >= 0.3 is 0 Å². The predicted octanol–water partition coefficient (Wildman–Crippen LogP) is 3.04. The van der Waals surface area contributed by atoms with Crippen LogP contribution in [-0.2, 0) is 27.6 Å². The number of benzene rings is 2. The van der Waals surface area contributed by atoms with Gasteiger partial charge in [-0.2, -0.15) is 0 Å². The molecular weight excluding hydrogens is 322 g/mol. The van der Waals surface area contributed by atoms with E-state index in [2.05, 4.69) is 5.32 Å². The van der Waals surface area contributed by atoms with Crippen molar-refractivity contribution in [3.63, 3.8) is 0 Å². The van der Waals surface area contributed by atoms with E-state index in [1.54, 1.807) is 38.1 Å². The summed E-state index contributed by atoms with van der Waals surface area (Å²) in [5, 5.41) is 2.44. The van der Waals surface area contributed by atoms with Gasteiger partial charge in [0.2, 0.25) is 5.91 Å². The third kappa shape index (κ3) is 4.45. The molecule has 0 aliphatic heterocycles. The summed E-state index contributed by atoms with van der Waals surface area (Å²) < 4.78 is 24.2. The second kappa shape index (κ2) is 7.62. The van der Waals surface area contributed by atoms with Crippen LogP contribution >= 0.6 is 0 Å². The Hall–Kier alpha value is -2.14. The molecule has 1 amide bonds. The molecule has 0 saturated heterocycles. The van der Waals surface area contributed by atoms with E-state index in [1.165, 1.54) is 0 Å². The summed E-state index contributed by atoms with van der Waals surface area (Å²) in [5.74, 6) is -0.0854. The van der Waals surface area contributed by atoms with Crippen LogP contribution in [-0.4, -0.2) is 19.6 Å². The quantitative estimate of drug-likeness (QED) is 0.875. The third-order valence-corrected chi connectivity index (χ3v) is 6.14. The Morgan fingerprint density at radius 3 is 2.25 bits per heavy atom. The van der Waals surface area contributed by atoms with Crippen LogP contribution in [0.1, 0.15) is 30.5 Å². The minimum atomic E-state index is -3.27. The first-order valence-electron chi connectivity index (χ1n) is 7.94. The van der Waals surface area contributed by atoms with Crippen molar-refractivity contribution in [3.05, 3.63) is 65.2 Å². The maximum Gasteiger partial charge on any atom is 0.224 e. The fraction of sp³-hybridized carbons (Fsp3) is 0.316. The summed E-state index contributed by atoms with van der Waals surface area (Å²) >= 11 is 0. The second-order valence-electron chi connectivity index (χ2n) is 6.12. The largest absolute Gasteiger partial charge is 0.352 e. The van der Waals surface area contributed by atoms with E-state index in [4.69, 9.17) is 0 Å². The van der Waals surface area contributed by atoms with Crippen molar-refractivity contribution in [1.82, 2.24) is 5.32 Å². The van der Waals surface area contributed by atoms with Crippen LogP contribution in [0.2, 0.25) is 0 Å². The van der Waals surface area contributed by atoms with Gasteiger partial charge < -0.3 is 5.32 Å². The second-order valence-corrected chi connectivity index (χ2v) is 8.62. The Balaban J connectivity index is 1.96. The molecule has 0 aliphatic carbocycles. The molecule has 2 aromatic carbocycles. The van der Waals surface area contributed by atoms with Gasteiger partial charge in [-0.05, 0) is 49.6 Å². The number of hydrogen-bond donors (Lipinski definition) is 1. The molecule has 2 aromatic rings. The summed E-state index contributed by atoms with van der Waals surface area (Å²) in [6, 6.07) is 14.4. The van der Waals surface area contributed by atoms with Gasteiger partial charge in [-0.15, -0.1) is 0 Å².